The number of halogens is 2. The number of hydrogen-bond acceptors (Lipinski definition) is 0. The zero-order valence-electron chi connectivity index (χ0n) is 9.20. The molecule has 2 fully saturated rings. The first-order valence-electron chi connectivity index (χ1n) is 6.13. The van der Waals surface area contributed by atoms with Crippen LogP contribution in [0.15, 0.2) is 28.7 Å². The molecule has 0 spiro atoms. The normalized spacial score (nSPS) is 34.2. The summed E-state index contributed by atoms with van der Waals surface area (Å²) in [4.78, 5) is 0. The minimum atomic E-state index is 0.225. The number of hydrogen-bond donors (Lipinski definition) is 0. The maximum Gasteiger partial charge on any atom is 0.0616 e. The summed E-state index contributed by atoms with van der Waals surface area (Å²) in [6.45, 7) is 0. The highest BCUT2D eigenvalue weighted by Crippen LogP contribution is 2.54. The number of alkyl halides is 1. The molecule has 2 bridgehead atoms. The lowest BCUT2D eigenvalue weighted by molar-refractivity contribution is 0.323. The molecular formula is C14H16BrCl. The van der Waals surface area contributed by atoms with Crippen LogP contribution in [0.2, 0.25) is 0 Å². The molecule has 4 atom stereocenters. The molecule has 1 aromatic carbocycles. The topological polar surface area (TPSA) is 0 Å². The largest absolute Gasteiger partial charge is 0.118 e. The van der Waals surface area contributed by atoms with Crippen molar-refractivity contribution >= 4 is 27.5 Å². The Labute approximate surface area is 111 Å². The van der Waals surface area contributed by atoms with Gasteiger partial charge in [0.05, 0.1) is 5.38 Å². The Hall–Kier alpha value is -0.0100. The second kappa shape index (κ2) is 4.34. The Morgan fingerprint density at radius 1 is 1.12 bits per heavy atom. The summed E-state index contributed by atoms with van der Waals surface area (Å²) in [5, 5.41) is 0.225. The van der Waals surface area contributed by atoms with Gasteiger partial charge in [0.15, 0.2) is 0 Å². The molecule has 2 heteroatoms. The van der Waals surface area contributed by atoms with Crippen molar-refractivity contribution in [1.82, 2.24) is 0 Å². The summed E-state index contributed by atoms with van der Waals surface area (Å²) in [7, 11) is 0. The Morgan fingerprint density at radius 3 is 2.44 bits per heavy atom. The second-order valence-electron chi connectivity index (χ2n) is 5.29. The van der Waals surface area contributed by atoms with Crippen molar-refractivity contribution in [3.63, 3.8) is 0 Å². The van der Waals surface area contributed by atoms with Gasteiger partial charge in [-0.1, -0.05) is 34.5 Å². The molecule has 0 N–H and O–H groups in total. The molecule has 2 aliphatic rings. The summed E-state index contributed by atoms with van der Waals surface area (Å²) in [6, 6.07) is 8.51. The van der Waals surface area contributed by atoms with Crippen LogP contribution >= 0.6 is 27.5 Å². The average molecular weight is 300 g/mol. The van der Waals surface area contributed by atoms with Crippen molar-refractivity contribution in [2.75, 3.05) is 0 Å². The van der Waals surface area contributed by atoms with Crippen LogP contribution in [0.25, 0.3) is 0 Å². The third kappa shape index (κ3) is 1.93. The average Bonchev–Trinajstić information content (AvgIpc) is 2.91. The molecule has 0 aliphatic heterocycles. The van der Waals surface area contributed by atoms with E-state index in [2.05, 4.69) is 40.2 Å². The van der Waals surface area contributed by atoms with Crippen LogP contribution in [0, 0.1) is 17.8 Å². The fourth-order valence-corrected chi connectivity index (χ4v) is 4.26. The van der Waals surface area contributed by atoms with Gasteiger partial charge in [-0.15, -0.1) is 11.6 Å². The van der Waals surface area contributed by atoms with Gasteiger partial charge >= 0.3 is 0 Å². The molecule has 0 amide bonds. The van der Waals surface area contributed by atoms with Gasteiger partial charge in [0.2, 0.25) is 0 Å². The van der Waals surface area contributed by atoms with Crippen LogP contribution in [-0.4, -0.2) is 0 Å². The Bertz CT molecular complexity index is 373. The number of fused-ring (bicyclic) bond motifs is 2. The smallest absolute Gasteiger partial charge is 0.0616 e. The van der Waals surface area contributed by atoms with Gasteiger partial charge in [-0.2, -0.15) is 0 Å². The number of rotatable bonds is 2. The van der Waals surface area contributed by atoms with E-state index in [1.807, 2.05) is 0 Å². The van der Waals surface area contributed by atoms with E-state index in [-0.39, 0.29) is 5.38 Å². The maximum absolute atomic E-state index is 6.64. The van der Waals surface area contributed by atoms with Gasteiger partial charge in [0, 0.05) is 4.47 Å². The van der Waals surface area contributed by atoms with Crippen molar-refractivity contribution in [1.29, 1.82) is 0 Å². The molecule has 0 radical (unpaired) electrons. The third-order valence-corrected chi connectivity index (χ3v) is 5.46. The quantitative estimate of drug-likeness (QED) is 0.661. The van der Waals surface area contributed by atoms with Crippen molar-refractivity contribution in [2.24, 2.45) is 17.8 Å². The highest BCUT2D eigenvalue weighted by molar-refractivity contribution is 9.10. The first-order chi connectivity index (χ1) is 7.74. The molecule has 1 aromatic rings. The SMILES string of the molecule is ClC(c1ccc(Br)cc1)C1CC2CCC1C2. The molecule has 3 rings (SSSR count). The van der Waals surface area contributed by atoms with Crippen LogP contribution in [0.1, 0.15) is 36.6 Å². The number of benzene rings is 1. The van der Waals surface area contributed by atoms with Crippen LogP contribution in [0.4, 0.5) is 0 Å². The van der Waals surface area contributed by atoms with Gasteiger partial charge in [-0.3, -0.25) is 0 Å². The lowest BCUT2D eigenvalue weighted by Gasteiger charge is -2.26. The van der Waals surface area contributed by atoms with Crippen molar-refractivity contribution in [2.45, 2.75) is 31.1 Å². The molecule has 4 unspecified atom stereocenters. The van der Waals surface area contributed by atoms with E-state index in [0.29, 0.717) is 0 Å². The predicted molar refractivity (Wildman–Crippen MR) is 71.7 cm³/mol. The summed E-state index contributed by atoms with van der Waals surface area (Å²) in [5.41, 5.74) is 1.29. The van der Waals surface area contributed by atoms with Crippen LogP contribution < -0.4 is 0 Å². The minimum absolute atomic E-state index is 0.225. The van der Waals surface area contributed by atoms with Crippen molar-refractivity contribution in [3.8, 4) is 0 Å². The highest BCUT2D eigenvalue weighted by Gasteiger charge is 2.42. The van der Waals surface area contributed by atoms with E-state index in [4.69, 9.17) is 11.6 Å². The fourth-order valence-electron chi connectivity index (χ4n) is 3.55. The Balaban J connectivity index is 1.77. The lowest BCUT2D eigenvalue weighted by atomic mass is 9.84. The van der Waals surface area contributed by atoms with Crippen molar-refractivity contribution < 1.29 is 0 Å². The van der Waals surface area contributed by atoms with Crippen LogP contribution in [0.3, 0.4) is 0 Å². The standard InChI is InChI=1S/C14H16BrCl/c15-12-5-3-10(4-6-12)14(16)13-8-9-1-2-11(13)7-9/h3-6,9,11,13-14H,1-2,7-8H2. The molecule has 0 saturated heterocycles. The van der Waals surface area contributed by atoms with Gasteiger partial charge in [0.1, 0.15) is 0 Å². The summed E-state index contributed by atoms with van der Waals surface area (Å²) in [6.07, 6.45) is 5.65. The summed E-state index contributed by atoms with van der Waals surface area (Å²) < 4.78 is 1.13. The lowest BCUT2D eigenvalue weighted by Crippen LogP contribution is -2.15. The van der Waals surface area contributed by atoms with E-state index in [1.165, 1.54) is 31.2 Å². The Morgan fingerprint density at radius 2 is 1.88 bits per heavy atom. The van der Waals surface area contributed by atoms with E-state index in [9.17, 15) is 0 Å². The zero-order valence-corrected chi connectivity index (χ0v) is 11.5. The molecule has 2 aliphatic carbocycles. The maximum atomic E-state index is 6.64. The first kappa shape index (κ1) is 11.1. The molecule has 0 heterocycles. The molecule has 16 heavy (non-hydrogen) atoms. The van der Waals surface area contributed by atoms with E-state index < -0.39 is 0 Å². The van der Waals surface area contributed by atoms with Crippen molar-refractivity contribution in [3.05, 3.63) is 34.3 Å². The molecule has 86 valence electrons. The highest BCUT2D eigenvalue weighted by atomic mass is 79.9. The van der Waals surface area contributed by atoms with E-state index in [0.717, 1.165) is 22.2 Å². The zero-order chi connectivity index (χ0) is 11.1. The molecule has 0 nitrogen and oxygen atoms in total. The molecule has 2 saturated carbocycles. The Kier molecular flexibility index (Phi) is 3.01. The van der Waals surface area contributed by atoms with Gasteiger partial charge < -0.3 is 0 Å². The summed E-state index contributed by atoms with van der Waals surface area (Å²) in [5.74, 6) is 2.60. The predicted octanol–water partition coefficient (Wildman–Crippen LogP) is 5.17. The minimum Gasteiger partial charge on any atom is -0.118 e. The molecular weight excluding hydrogens is 284 g/mol. The van der Waals surface area contributed by atoms with E-state index in [1.54, 1.807) is 0 Å². The first-order valence-corrected chi connectivity index (χ1v) is 7.36. The monoisotopic (exact) mass is 298 g/mol. The third-order valence-electron chi connectivity index (χ3n) is 4.36. The van der Waals surface area contributed by atoms with Gasteiger partial charge in [-0.05, 0) is 54.7 Å². The summed E-state index contributed by atoms with van der Waals surface area (Å²) >= 11 is 10.1. The van der Waals surface area contributed by atoms with Crippen LogP contribution in [0.5, 0.6) is 0 Å². The molecule has 0 aromatic heterocycles. The van der Waals surface area contributed by atoms with E-state index >= 15 is 0 Å². The second-order valence-corrected chi connectivity index (χ2v) is 6.68. The van der Waals surface area contributed by atoms with Gasteiger partial charge in [0.25, 0.3) is 0 Å². The van der Waals surface area contributed by atoms with Gasteiger partial charge in [-0.25, -0.2) is 0 Å². The fraction of sp³-hybridized carbons (Fsp3) is 0.571. The van der Waals surface area contributed by atoms with Crippen LogP contribution in [-0.2, 0) is 0 Å².